The van der Waals surface area contributed by atoms with E-state index < -0.39 is 0 Å². The molecule has 0 bridgehead atoms. The summed E-state index contributed by atoms with van der Waals surface area (Å²) in [6, 6.07) is 10.2. The number of hydrogen-bond acceptors (Lipinski definition) is 3. The lowest BCUT2D eigenvalue weighted by Crippen LogP contribution is -2.04. The molecule has 2 N–H and O–H groups in total. The van der Waals surface area contributed by atoms with E-state index in [0.717, 1.165) is 41.5 Å². The van der Waals surface area contributed by atoms with Crippen LogP contribution in [-0.2, 0) is 0 Å². The minimum atomic E-state index is 0.619. The molecule has 1 aromatic rings. The van der Waals surface area contributed by atoms with Gasteiger partial charge < -0.3 is 10.5 Å². The van der Waals surface area contributed by atoms with E-state index in [-0.39, 0.29) is 0 Å². The highest BCUT2D eigenvalue weighted by atomic mass is 16.5. The fraction of sp³-hybridized carbons (Fsp3) is 0.409. The summed E-state index contributed by atoms with van der Waals surface area (Å²) in [4.78, 5) is 0. The van der Waals surface area contributed by atoms with E-state index >= 15 is 0 Å². The second-order valence-electron chi connectivity index (χ2n) is 6.71. The Kier molecular flexibility index (Phi) is 7.35. The molecule has 1 aromatic carbocycles. The molecular formula is C22H28N2O. The number of unbranched alkanes of at least 4 members (excludes halogenated alkanes) is 1. The van der Waals surface area contributed by atoms with Crippen molar-refractivity contribution in [2.45, 2.75) is 46.0 Å². The molecule has 3 nitrogen and oxygen atoms in total. The molecule has 25 heavy (non-hydrogen) atoms. The molecule has 1 aliphatic rings. The van der Waals surface area contributed by atoms with Gasteiger partial charge in [-0.1, -0.05) is 44.9 Å². The van der Waals surface area contributed by atoms with Crippen LogP contribution < -0.4 is 10.5 Å². The molecule has 0 aromatic heterocycles. The fourth-order valence-electron chi connectivity index (χ4n) is 2.76. The first-order valence-corrected chi connectivity index (χ1v) is 9.12. The molecule has 1 aliphatic carbocycles. The third-order valence-corrected chi connectivity index (χ3v) is 4.60. The van der Waals surface area contributed by atoms with Gasteiger partial charge in [0.05, 0.1) is 18.2 Å². The maximum Gasteiger partial charge on any atom is 0.119 e. The van der Waals surface area contributed by atoms with Crippen LogP contribution >= 0.6 is 0 Å². The van der Waals surface area contributed by atoms with Gasteiger partial charge in [0.25, 0.3) is 0 Å². The summed E-state index contributed by atoms with van der Waals surface area (Å²) in [7, 11) is 0. The monoisotopic (exact) mass is 336 g/mol. The Morgan fingerprint density at radius 3 is 2.68 bits per heavy atom. The van der Waals surface area contributed by atoms with Crippen LogP contribution in [0.2, 0.25) is 0 Å². The minimum absolute atomic E-state index is 0.619. The van der Waals surface area contributed by atoms with Crippen molar-refractivity contribution >= 4 is 6.08 Å². The van der Waals surface area contributed by atoms with Gasteiger partial charge in [-0.15, -0.1) is 0 Å². The Hall–Kier alpha value is -2.47. The summed E-state index contributed by atoms with van der Waals surface area (Å²) in [5, 5.41) is 9.21. The maximum absolute atomic E-state index is 9.21. The first kappa shape index (κ1) is 18.9. The van der Waals surface area contributed by atoms with E-state index in [0.29, 0.717) is 12.0 Å². The smallest absolute Gasteiger partial charge is 0.119 e. The molecule has 0 aliphatic heterocycles. The van der Waals surface area contributed by atoms with Crippen molar-refractivity contribution in [3.63, 3.8) is 0 Å². The number of rotatable bonds is 8. The van der Waals surface area contributed by atoms with Crippen LogP contribution in [0.15, 0.2) is 53.3 Å². The predicted octanol–water partition coefficient (Wildman–Crippen LogP) is 5.36. The lowest BCUT2D eigenvalue weighted by atomic mass is 9.95. The average molecular weight is 336 g/mol. The van der Waals surface area contributed by atoms with Crippen LogP contribution in [0, 0.1) is 17.2 Å². The summed E-state index contributed by atoms with van der Waals surface area (Å²) in [6.07, 6.45) is 11.1. The van der Waals surface area contributed by atoms with Crippen molar-refractivity contribution in [3.8, 4) is 11.8 Å². The molecule has 0 unspecified atom stereocenters. The first-order chi connectivity index (χ1) is 12.1. The Balaban J connectivity index is 1.86. The van der Waals surface area contributed by atoms with Crippen molar-refractivity contribution in [3.05, 3.63) is 58.8 Å². The number of allylic oxidation sites excluding steroid dienone is 4. The van der Waals surface area contributed by atoms with Crippen molar-refractivity contribution in [1.82, 2.24) is 0 Å². The number of nitrogens with zero attached hydrogens (tertiary/aromatic N) is 1. The lowest BCUT2D eigenvalue weighted by Gasteiger charge is -2.11. The minimum Gasteiger partial charge on any atom is -0.494 e. The van der Waals surface area contributed by atoms with Crippen molar-refractivity contribution in [1.29, 1.82) is 5.26 Å². The number of benzene rings is 1. The Morgan fingerprint density at radius 1 is 1.24 bits per heavy atom. The van der Waals surface area contributed by atoms with Crippen molar-refractivity contribution in [2.24, 2.45) is 11.7 Å². The second-order valence-corrected chi connectivity index (χ2v) is 6.71. The topological polar surface area (TPSA) is 59.0 Å². The molecule has 0 amide bonds. The van der Waals surface area contributed by atoms with E-state index in [9.17, 15) is 5.26 Å². The number of nitriles is 1. The van der Waals surface area contributed by atoms with Gasteiger partial charge in [0.1, 0.15) is 5.75 Å². The molecule has 0 fully saturated rings. The van der Waals surface area contributed by atoms with Gasteiger partial charge in [-0.2, -0.15) is 5.26 Å². The molecule has 2 rings (SSSR count). The molecule has 0 radical (unpaired) electrons. The van der Waals surface area contributed by atoms with Gasteiger partial charge in [-0.25, -0.2) is 0 Å². The largest absolute Gasteiger partial charge is 0.494 e. The molecule has 1 atom stereocenters. The van der Waals surface area contributed by atoms with Crippen LogP contribution in [0.3, 0.4) is 0 Å². The second kappa shape index (κ2) is 9.74. The lowest BCUT2D eigenvalue weighted by molar-refractivity contribution is 0.299. The molecular weight excluding hydrogens is 308 g/mol. The molecule has 0 spiro atoms. The van der Waals surface area contributed by atoms with Crippen LogP contribution in [0.25, 0.3) is 6.08 Å². The highest BCUT2D eigenvalue weighted by molar-refractivity contribution is 5.64. The molecule has 0 heterocycles. The van der Waals surface area contributed by atoms with E-state index in [2.05, 4.69) is 19.9 Å². The fourth-order valence-corrected chi connectivity index (χ4v) is 2.76. The van der Waals surface area contributed by atoms with E-state index in [1.165, 1.54) is 19.3 Å². The summed E-state index contributed by atoms with van der Waals surface area (Å²) in [5.41, 5.74) is 9.34. The number of ether oxygens (including phenoxy) is 1. The highest BCUT2D eigenvalue weighted by Crippen LogP contribution is 2.25. The molecule has 3 heteroatoms. The molecule has 0 saturated heterocycles. The quantitative estimate of drug-likeness (QED) is 0.650. The van der Waals surface area contributed by atoms with E-state index in [1.807, 2.05) is 30.3 Å². The van der Waals surface area contributed by atoms with E-state index in [4.69, 9.17) is 10.5 Å². The van der Waals surface area contributed by atoms with Crippen LogP contribution in [0.4, 0.5) is 0 Å². The zero-order valence-electron chi connectivity index (χ0n) is 15.3. The Labute approximate surface area is 151 Å². The summed E-state index contributed by atoms with van der Waals surface area (Å²) >= 11 is 0. The Bertz CT molecular complexity index is 690. The Morgan fingerprint density at radius 2 is 2.00 bits per heavy atom. The molecule has 0 saturated carbocycles. The van der Waals surface area contributed by atoms with E-state index in [1.54, 1.807) is 12.2 Å². The first-order valence-electron chi connectivity index (χ1n) is 9.12. The van der Waals surface area contributed by atoms with Gasteiger partial charge in [-0.3, -0.25) is 0 Å². The normalized spacial score (nSPS) is 16.8. The maximum atomic E-state index is 9.21. The third-order valence-electron chi connectivity index (χ3n) is 4.60. The third kappa shape index (κ3) is 6.15. The average Bonchev–Trinajstić information content (AvgIpc) is 2.63. The van der Waals surface area contributed by atoms with Gasteiger partial charge in [0.15, 0.2) is 0 Å². The number of nitrogens with two attached hydrogens (primary N) is 1. The number of hydrogen-bond donors (Lipinski definition) is 1. The van der Waals surface area contributed by atoms with Gasteiger partial charge in [0.2, 0.25) is 0 Å². The van der Waals surface area contributed by atoms with Crippen molar-refractivity contribution in [2.75, 3.05) is 6.61 Å². The predicted molar refractivity (Wildman–Crippen MR) is 104 cm³/mol. The zero-order valence-corrected chi connectivity index (χ0v) is 15.3. The standard InChI is InChI=1S/C22H28N2O/c1-3-17(2)6-4-5-13-25-22-11-7-18(8-12-22)14-20-15-21(24)10-9-19(20)16-23/h7-12,14,17H,3-6,13,15,24H2,1-2H3/t17-/m0/s1. The van der Waals surface area contributed by atoms with Crippen LogP contribution in [-0.4, -0.2) is 6.61 Å². The summed E-state index contributed by atoms with van der Waals surface area (Å²) in [6.45, 7) is 5.31. The van der Waals surface area contributed by atoms with Crippen LogP contribution in [0.5, 0.6) is 5.75 Å². The van der Waals surface area contributed by atoms with Gasteiger partial charge in [0, 0.05) is 12.1 Å². The highest BCUT2D eigenvalue weighted by Gasteiger charge is 2.10. The van der Waals surface area contributed by atoms with Crippen molar-refractivity contribution < 1.29 is 4.74 Å². The van der Waals surface area contributed by atoms with Gasteiger partial charge >= 0.3 is 0 Å². The summed E-state index contributed by atoms with van der Waals surface area (Å²) < 4.78 is 5.81. The summed E-state index contributed by atoms with van der Waals surface area (Å²) in [5.74, 6) is 1.70. The van der Waals surface area contributed by atoms with Crippen LogP contribution in [0.1, 0.15) is 51.5 Å². The zero-order chi connectivity index (χ0) is 18.1. The SMILES string of the molecule is CC[C@H](C)CCCCOc1ccc(C=C2CC(N)=CC=C2C#N)cc1. The van der Waals surface area contributed by atoms with Gasteiger partial charge in [-0.05, 0) is 54.2 Å². The molecule has 132 valence electrons.